The maximum absolute atomic E-state index is 6.17. The summed E-state index contributed by atoms with van der Waals surface area (Å²) in [5.74, 6) is 2.14. The van der Waals surface area contributed by atoms with Gasteiger partial charge >= 0.3 is 0 Å². The molecule has 0 aliphatic carbocycles. The number of rotatable bonds is 7. The van der Waals surface area contributed by atoms with Crippen LogP contribution in [0.1, 0.15) is 13.3 Å². The summed E-state index contributed by atoms with van der Waals surface area (Å²) in [6.07, 6.45) is 2.41. The third-order valence-electron chi connectivity index (χ3n) is 3.15. The second kappa shape index (κ2) is 7.73. The van der Waals surface area contributed by atoms with Crippen molar-refractivity contribution >= 4 is 34.6 Å². The Morgan fingerprint density at radius 2 is 1.83 bits per heavy atom. The fourth-order valence-corrected chi connectivity index (χ4v) is 2.21. The van der Waals surface area contributed by atoms with E-state index in [1.807, 2.05) is 0 Å². The molecule has 7 nitrogen and oxygen atoms in total. The first-order valence-corrected chi connectivity index (χ1v) is 7.51. The average molecular weight is 338 g/mol. The molecule has 0 radical (unpaired) electrons. The summed E-state index contributed by atoms with van der Waals surface area (Å²) in [7, 11) is 3.10. The molecule has 2 aromatic rings. The number of halogens is 1. The molecule has 1 aromatic carbocycles. The van der Waals surface area contributed by atoms with Crippen LogP contribution in [-0.2, 0) is 0 Å². The van der Waals surface area contributed by atoms with Crippen molar-refractivity contribution in [2.45, 2.75) is 13.3 Å². The largest absolute Gasteiger partial charge is 0.495 e. The number of ether oxygens (including phenoxy) is 2. The molecule has 0 atom stereocenters. The molecule has 8 heteroatoms. The highest BCUT2D eigenvalue weighted by Crippen LogP contribution is 2.38. The van der Waals surface area contributed by atoms with Crippen molar-refractivity contribution in [2.75, 3.05) is 37.1 Å². The Hall–Kier alpha value is -2.41. The molecule has 0 spiro atoms. The molecule has 0 saturated carbocycles. The number of hydrogen-bond donors (Lipinski definition) is 3. The zero-order valence-corrected chi connectivity index (χ0v) is 14.1. The molecule has 1 aromatic heterocycles. The third-order valence-corrected chi connectivity index (χ3v) is 3.45. The van der Waals surface area contributed by atoms with Crippen LogP contribution >= 0.6 is 11.6 Å². The van der Waals surface area contributed by atoms with E-state index in [1.54, 1.807) is 26.4 Å². The number of nitrogen functional groups attached to an aromatic ring is 1. The van der Waals surface area contributed by atoms with Crippen molar-refractivity contribution in [1.82, 2.24) is 9.97 Å². The van der Waals surface area contributed by atoms with Gasteiger partial charge in [0.25, 0.3) is 0 Å². The van der Waals surface area contributed by atoms with E-state index in [0.717, 1.165) is 13.0 Å². The van der Waals surface area contributed by atoms with E-state index in [1.165, 1.54) is 6.33 Å². The van der Waals surface area contributed by atoms with Crippen molar-refractivity contribution in [3.8, 4) is 11.5 Å². The fourth-order valence-electron chi connectivity index (χ4n) is 1.96. The number of benzene rings is 1. The highest BCUT2D eigenvalue weighted by atomic mass is 35.5. The van der Waals surface area contributed by atoms with Gasteiger partial charge in [-0.05, 0) is 12.5 Å². The van der Waals surface area contributed by atoms with Crippen molar-refractivity contribution in [3.05, 3.63) is 23.5 Å². The maximum atomic E-state index is 6.17. The quantitative estimate of drug-likeness (QED) is 0.713. The summed E-state index contributed by atoms with van der Waals surface area (Å²) in [5.41, 5.74) is 7.16. The van der Waals surface area contributed by atoms with Gasteiger partial charge in [-0.2, -0.15) is 0 Å². The van der Waals surface area contributed by atoms with E-state index in [0.29, 0.717) is 39.5 Å². The summed E-state index contributed by atoms with van der Waals surface area (Å²) in [6.45, 7) is 2.84. The van der Waals surface area contributed by atoms with E-state index in [4.69, 9.17) is 26.8 Å². The van der Waals surface area contributed by atoms with Gasteiger partial charge in [0.15, 0.2) is 11.6 Å². The molecule has 0 fully saturated rings. The molecule has 0 amide bonds. The minimum atomic E-state index is 0.426. The normalized spacial score (nSPS) is 10.3. The summed E-state index contributed by atoms with van der Waals surface area (Å²) in [4.78, 5) is 8.31. The van der Waals surface area contributed by atoms with Crippen molar-refractivity contribution < 1.29 is 9.47 Å². The number of methoxy groups -OCH3 is 2. The molecule has 0 bridgehead atoms. The standard InChI is InChI=1S/C15H20ClN5O2/c1-4-5-18-14-13(17)15(20-8-19-14)21-10-6-9(16)11(22-2)7-12(10)23-3/h6-8H,4-5,17H2,1-3H3,(H2,18,19,20,21). The molecular weight excluding hydrogens is 318 g/mol. The summed E-state index contributed by atoms with van der Waals surface area (Å²) >= 11 is 6.17. The average Bonchev–Trinajstić information content (AvgIpc) is 2.56. The molecule has 1 heterocycles. The SMILES string of the molecule is CCCNc1ncnc(Nc2cc(Cl)c(OC)cc2OC)c1N. The Bertz CT molecular complexity index is 681. The minimum absolute atomic E-state index is 0.426. The first kappa shape index (κ1) is 17.0. The highest BCUT2D eigenvalue weighted by Gasteiger charge is 2.13. The van der Waals surface area contributed by atoms with Crippen LogP contribution < -0.4 is 25.8 Å². The first-order chi connectivity index (χ1) is 11.1. The van der Waals surface area contributed by atoms with Crippen LogP contribution in [0.4, 0.5) is 23.0 Å². The van der Waals surface area contributed by atoms with Gasteiger partial charge in [0.05, 0.1) is 24.9 Å². The minimum Gasteiger partial charge on any atom is -0.495 e. The van der Waals surface area contributed by atoms with Gasteiger partial charge in [0.1, 0.15) is 23.5 Å². The summed E-state index contributed by atoms with van der Waals surface area (Å²) in [5, 5.41) is 6.72. The van der Waals surface area contributed by atoms with Gasteiger partial charge in [-0.3, -0.25) is 0 Å². The predicted octanol–water partition coefficient (Wildman–Crippen LogP) is 3.29. The highest BCUT2D eigenvalue weighted by molar-refractivity contribution is 6.32. The Morgan fingerprint density at radius 3 is 2.48 bits per heavy atom. The molecule has 0 aliphatic rings. The van der Waals surface area contributed by atoms with Crippen LogP contribution in [0.3, 0.4) is 0 Å². The van der Waals surface area contributed by atoms with E-state index >= 15 is 0 Å². The van der Waals surface area contributed by atoms with Crippen LogP contribution in [0, 0.1) is 0 Å². The topological polar surface area (TPSA) is 94.3 Å². The van der Waals surface area contributed by atoms with Crippen molar-refractivity contribution in [1.29, 1.82) is 0 Å². The molecule has 2 rings (SSSR count). The van der Waals surface area contributed by atoms with E-state index in [9.17, 15) is 0 Å². The Labute approximate surface area is 140 Å². The zero-order chi connectivity index (χ0) is 16.8. The zero-order valence-electron chi connectivity index (χ0n) is 13.3. The van der Waals surface area contributed by atoms with Crippen molar-refractivity contribution in [2.24, 2.45) is 0 Å². The summed E-state index contributed by atoms with van der Waals surface area (Å²) < 4.78 is 10.5. The smallest absolute Gasteiger partial charge is 0.159 e. The predicted molar refractivity (Wildman–Crippen MR) is 93.1 cm³/mol. The van der Waals surface area contributed by atoms with Gasteiger partial charge in [0.2, 0.25) is 0 Å². The van der Waals surface area contributed by atoms with Gasteiger partial charge < -0.3 is 25.8 Å². The van der Waals surface area contributed by atoms with Gasteiger partial charge in [-0.25, -0.2) is 9.97 Å². The van der Waals surface area contributed by atoms with Gasteiger partial charge in [-0.15, -0.1) is 0 Å². The molecule has 0 saturated heterocycles. The first-order valence-electron chi connectivity index (χ1n) is 7.13. The molecule has 4 N–H and O–H groups in total. The van der Waals surface area contributed by atoms with E-state index in [2.05, 4.69) is 27.5 Å². The Kier molecular flexibility index (Phi) is 5.70. The Balaban J connectivity index is 2.34. The fraction of sp³-hybridized carbons (Fsp3) is 0.333. The van der Waals surface area contributed by atoms with Gasteiger partial charge in [0, 0.05) is 12.6 Å². The lowest BCUT2D eigenvalue weighted by Gasteiger charge is -2.15. The number of nitrogens with one attached hydrogen (secondary N) is 2. The lowest BCUT2D eigenvalue weighted by Crippen LogP contribution is -2.09. The van der Waals surface area contributed by atoms with Crippen LogP contribution in [0.25, 0.3) is 0 Å². The van der Waals surface area contributed by atoms with Crippen molar-refractivity contribution in [3.63, 3.8) is 0 Å². The maximum Gasteiger partial charge on any atom is 0.159 e. The molecule has 23 heavy (non-hydrogen) atoms. The Morgan fingerprint density at radius 1 is 1.13 bits per heavy atom. The molecule has 0 unspecified atom stereocenters. The second-order valence-electron chi connectivity index (χ2n) is 4.72. The monoisotopic (exact) mass is 337 g/mol. The van der Waals surface area contributed by atoms with E-state index < -0.39 is 0 Å². The number of nitrogens with zero attached hydrogens (tertiary/aromatic N) is 2. The van der Waals surface area contributed by atoms with Crippen LogP contribution in [0.5, 0.6) is 11.5 Å². The summed E-state index contributed by atoms with van der Waals surface area (Å²) in [6, 6.07) is 3.39. The van der Waals surface area contributed by atoms with E-state index in [-0.39, 0.29) is 0 Å². The lowest BCUT2D eigenvalue weighted by molar-refractivity contribution is 0.396. The van der Waals surface area contributed by atoms with Crippen LogP contribution in [0.2, 0.25) is 5.02 Å². The second-order valence-corrected chi connectivity index (χ2v) is 5.13. The molecule has 0 aliphatic heterocycles. The number of anilines is 4. The van der Waals surface area contributed by atoms with Gasteiger partial charge in [-0.1, -0.05) is 18.5 Å². The number of nitrogens with two attached hydrogens (primary N) is 1. The third kappa shape index (κ3) is 3.87. The number of hydrogen-bond acceptors (Lipinski definition) is 7. The van der Waals surface area contributed by atoms with Crippen LogP contribution in [0.15, 0.2) is 18.5 Å². The van der Waals surface area contributed by atoms with Crippen LogP contribution in [-0.4, -0.2) is 30.7 Å². The molecule has 124 valence electrons. The number of aromatic nitrogens is 2. The molecular formula is C15H20ClN5O2. The lowest BCUT2D eigenvalue weighted by atomic mass is 10.2.